The van der Waals surface area contributed by atoms with Gasteiger partial charge in [0.2, 0.25) is 17.2 Å². The zero-order chi connectivity index (χ0) is 13.8. The molecule has 2 aromatic rings. The number of halogens is 1. The minimum Gasteiger partial charge on any atom is -0.354 e. The highest BCUT2D eigenvalue weighted by Gasteiger charge is 2.16. The van der Waals surface area contributed by atoms with Crippen LogP contribution in [0.5, 0.6) is 0 Å². The molecule has 1 aliphatic heterocycles. The molecule has 20 heavy (non-hydrogen) atoms. The molecule has 0 saturated carbocycles. The normalized spacial score (nSPS) is 14.8. The molecule has 0 spiro atoms. The summed E-state index contributed by atoms with van der Waals surface area (Å²) in [5, 5.41) is 3.39. The van der Waals surface area contributed by atoms with E-state index in [4.69, 9.17) is 11.6 Å². The van der Waals surface area contributed by atoms with Crippen LogP contribution in [0, 0.1) is 0 Å². The van der Waals surface area contributed by atoms with Crippen LogP contribution in [0.4, 0.5) is 11.9 Å². The molecule has 1 aliphatic rings. The van der Waals surface area contributed by atoms with Crippen molar-refractivity contribution in [3.8, 4) is 0 Å². The Balaban J connectivity index is 1.63. The van der Waals surface area contributed by atoms with Gasteiger partial charge < -0.3 is 15.2 Å². The van der Waals surface area contributed by atoms with Crippen molar-refractivity contribution in [1.82, 2.24) is 24.9 Å². The van der Waals surface area contributed by atoms with Crippen molar-refractivity contribution in [1.29, 1.82) is 0 Å². The van der Waals surface area contributed by atoms with Crippen LogP contribution in [0.15, 0.2) is 12.5 Å². The molecule has 3 heterocycles. The molecular formula is C12H16ClN7. The van der Waals surface area contributed by atoms with E-state index in [0.29, 0.717) is 18.4 Å². The number of imidazole rings is 1. The molecular weight excluding hydrogens is 278 g/mol. The molecule has 0 radical (unpaired) electrons. The first-order chi connectivity index (χ1) is 9.81. The van der Waals surface area contributed by atoms with Gasteiger partial charge in [-0.3, -0.25) is 0 Å². The standard InChI is InChI=1S/C12H16ClN7/c13-10-17-11(15-4-3-9-7-14-8-16-9)19-12(18-10)20-5-1-2-6-20/h7-8H,1-6H2,(H,14,16)(H,15,17,18,19). The lowest BCUT2D eigenvalue weighted by atomic mass is 10.3. The Kier molecular flexibility index (Phi) is 3.96. The number of aromatic amines is 1. The molecule has 2 aromatic heterocycles. The second-order valence-electron chi connectivity index (χ2n) is 4.68. The van der Waals surface area contributed by atoms with Gasteiger partial charge in [0.1, 0.15) is 0 Å². The van der Waals surface area contributed by atoms with Crippen molar-refractivity contribution in [2.45, 2.75) is 19.3 Å². The molecule has 1 fully saturated rings. The fourth-order valence-corrected chi connectivity index (χ4v) is 2.36. The molecule has 0 amide bonds. The number of H-pyrrole nitrogens is 1. The van der Waals surface area contributed by atoms with Gasteiger partial charge in [0.15, 0.2) is 0 Å². The highest BCUT2D eigenvalue weighted by molar-refractivity contribution is 6.28. The summed E-state index contributed by atoms with van der Waals surface area (Å²) < 4.78 is 0. The van der Waals surface area contributed by atoms with Crippen LogP contribution in [-0.4, -0.2) is 44.6 Å². The summed E-state index contributed by atoms with van der Waals surface area (Å²) in [4.78, 5) is 21.9. The van der Waals surface area contributed by atoms with Gasteiger partial charge in [-0.05, 0) is 24.4 Å². The predicted octanol–water partition coefficient (Wildman–Crippen LogP) is 1.50. The Hall–Kier alpha value is -1.89. The molecule has 7 nitrogen and oxygen atoms in total. The maximum atomic E-state index is 5.96. The van der Waals surface area contributed by atoms with Crippen LogP contribution in [0.2, 0.25) is 5.28 Å². The van der Waals surface area contributed by atoms with Crippen molar-refractivity contribution in [2.75, 3.05) is 29.9 Å². The quantitative estimate of drug-likeness (QED) is 0.869. The lowest BCUT2D eigenvalue weighted by Gasteiger charge is -2.15. The molecule has 0 bridgehead atoms. The fourth-order valence-electron chi connectivity index (χ4n) is 2.21. The minimum absolute atomic E-state index is 0.228. The number of nitrogens with one attached hydrogen (secondary N) is 2. The van der Waals surface area contributed by atoms with E-state index in [1.807, 2.05) is 0 Å². The van der Waals surface area contributed by atoms with E-state index in [1.54, 1.807) is 12.5 Å². The Labute approximate surface area is 121 Å². The summed E-state index contributed by atoms with van der Waals surface area (Å²) in [6.07, 6.45) is 6.64. The van der Waals surface area contributed by atoms with E-state index < -0.39 is 0 Å². The third-order valence-corrected chi connectivity index (χ3v) is 3.39. The van der Waals surface area contributed by atoms with Crippen LogP contribution in [-0.2, 0) is 6.42 Å². The molecule has 0 unspecified atom stereocenters. The lowest BCUT2D eigenvalue weighted by Crippen LogP contribution is -2.21. The number of hydrogen-bond donors (Lipinski definition) is 2. The Bertz CT molecular complexity index is 551. The number of nitrogens with zero attached hydrogens (tertiary/aromatic N) is 5. The third kappa shape index (κ3) is 3.16. The third-order valence-electron chi connectivity index (χ3n) is 3.22. The zero-order valence-corrected chi connectivity index (χ0v) is 11.8. The highest BCUT2D eigenvalue weighted by atomic mass is 35.5. The summed E-state index contributed by atoms with van der Waals surface area (Å²) in [6.45, 7) is 2.67. The van der Waals surface area contributed by atoms with Gasteiger partial charge in [0.25, 0.3) is 0 Å². The minimum atomic E-state index is 0.228. The molecule has 106 valence electrons. The Morgan fingerprint density at radius 1 is 1.25 bits per heavy atom. The molecule has 3 rings (SSSR count). The van der Waals surface area contributed by atoms with E-state index in [1.165, 1.54) is 12.8 Å². The number of hydrogen-bond acceptors (Lipinski definition) is 6. The summed E-state index contributed by atoms with van der Waals surface area (Å²) in [5.41, 5.74) is 1.07. The van der Waals surface area contributed by atoms with Gasteiger partial charge in [-0.15, -0.1) is 0 Å². The molecule has 2 N–H and O–H groups in total. The van der Waals surface area contributed by atoms with Crippen molar-refractivity contribution in [3.05, 3.63) is 23.5 Å². The van der Waals surface area contributed by atoms with Gasteiger partial charge in [-0.25, -0.2) is 4.98 Å². The topological polar surface area (TPSA) is 82.6 Å². The summed E-state index contributed by atoms with van der Waals surface area (Å²) in [6, 6.07) is 0. The molecule has 0 aromatic carbocycles. The lowest BCUT2D eigenvalue weighted by molar-refractivity contribution is 0.871. The maximum absolute atomic E-state index is 5.96. The monoisotopic (exact) mass is 293 g/mol. The Morgan fingerprint density at radius 2 is 2.10 bits per heavy atom. The fraction of sp³-hybridized carbons (Fsp3) is 0.500. The molecule has 8 heteroatoms. The van der Waals surface area contributed by atoms with Gasteiger partial charge in [-0.1, -0.05) is 0 Å². The van der Waals surface area contributed by atoms with E-state index in [-0.39, 0.29) is 5.28 Å². The average Bonchev–Trinajstić information content (AvgIpc) is 3.11. The van der Waals surface area contributed by atoms with Gasteiger partial charge in [0, 0.05) is 37.9 Å². The number of anilines is 2. The van der Waals surface area contributed by atoms with Crippen molar-refractivity contribution in [2.24, 2.45) is 0 Å². The van der Waals surface area contributed by atoms with E-state index in [9.17, 15) is 0 Å². The predicted molar refractivity (Wildman–Crippen MR) is 77.1 cm³/mol. The number of rotatable bonds is 5. The van der Waals surface area contributed by atoms with Crippen LogP contribution in [0.3, 0.4) is 0 Å². The Morgan fingerprint density at radius 3 is 2.85 bits per heavy atom. The van der Waals surface area contributed by atoms with E-state index >= 15 is 0 Å². The second kappa shape index (κ2) is 6.04. The summed E-state index contributed by atoms with van der Waals surface area (Å²) in [7, 11) is 0. The SMILES string of the molecule is Clc1nc(NCCc2cnc[nH]2)nc(N2CCCC2)n1. The zero-order valence-electron chi connectivity index (χ0n) is 11.0. The summed E-state index contributed by atoms with van der Waals surface area (Å²) >= 11 is 5.96. The summed E-state index contributed by atoms with van der Waals surface area (Å²) in [5.74, 6) is 1.18. The van der Waals surface area contributed by atoms with Gasteiger partial charge >= 0.3 is 0 Å². The first-order valence-electron chi connectivity index (χ1n) is 6.69. The van der Waals surface area contributed by atoms with Crippen LogP contribution in [0.1, 0.15) is 18.5 Å². The van der Waals surface area contributed by atoms with Gasteiger partial charge in [-0.2, -0.15) is 15.0 Å². The highest BCUT2D eigenvalue weighted by Crippen LogP contribution is 2.18. The van der Waals surface area contributed by atoms with Crippen LogP contribution >= 0.6 is 11.6 Å². The van der Waals surface area contributed by atoms with Crippen molar-refractivity contribution in [3.63, 3.8) is 0 Å². The molecule has 0 atom stereocenters. The smallest absolute Gasteiger partial charge is 0.231 e. The molecule has 1 saturated heterocycles. The average molecular weight is 294 g/mol. The van der Waals surface area contributed by atoms with Crippen LogP contribution < -0.4 is 10.2 Å². The first-order valence-corrected chi connectivity index (χ1v) is 7.07. The van der Waals surface area contributed by atoms with Crippen LogP contribution in [0.25, 0.3) is 0 Å². The van der Waals surface area contributed by atoms with E-state index in [2.05, 4.69) is 35.1 Å². The van der Waals surface area contributed by atoms with E-state index in [0.717, 1.165) is 25.2 Å². The second-order valence-corrected chi connectivity index (χ2v) is 5.01. The van der Waals surface area contributed by atoms with Crippen molar-refractivity contribution >= 4 is 23.5 Å². The van der Waals surface area contributed by atoms with Crippen molar-refractivity contribution < 1.29 is 0 Å². The largest absolute Gasteiger partial charge is 0.354 e. The van der Waals surface area contributed by atoms with Gasteiger partial charge in [0.05, 0.1) is 6.33 Å². The molecule has 0 aliphatic carbocycles. The first kappa shape index (κ1) is 13.1. The number of aromatic nitrogens is 5. The maximum Gasteiger partial charge on any atom is 0.231 e.